The van der Waals surface area contributed by atoms with Crippen LogP contribution in [0.15, 0.2) is 23.1 Å². The number of sulfonamides is 1. The number of nitrogens with two attached hydrogens (primary N) is 1. The molecular formula is C13H20N2O4S. The minimum atomic E-state index is -3.86. The molecule has 0 aromatic heterocycles. The summed E-state index contributed by atoms with van der Waals surface area (Å²) in [5.74, 6) is -1.31. The second-order valence-electron chi connectivity index (χ2n) is 4.77. The molecular weight excluding hydrogens is 280 g/mol. The van der Waals surface area contributed by atoms with Gasteiger partial charge in [-0.2, -0.15) is 4.31 Å². The third-order valence-electron chi connectivity index (χ3n) is 2.84. The summed E-state index contributed by atoms with van der Waals surface area (Å²) >= 11 is 0. The van der Waals surface area contributed by atoms with Crippen LogP contribution in [0.1, 0.15) is 37.6 Å². The molecule has 0 atom stereocenters. The fourth-order valence-electron chi connectivity index (χ4n) is 1.94. The van der Waals surface area contributed by atoms with Crippen LogP contribution in [-0.2, 0) is 10.0 Å². The Morgan fingerprint density at radius 3 is 2.45 bits per heavy atom. The lowest BCUT2D eigenvalue weighted by Crippen LogP contribution is -2.38. The largest absolute Gasteiger partial charge is 0.478 e. The van der Waals surface area contributed by atoms with Crippen LogP contribution in [0.25, 0.3) is 0 Å². The normalized spacial score (nSPS) is 12.1. The Morgan fingerprint density at radius 2 is 2.00 bits per heavy atom. The van der Waals surface area contributed by atoms with Crippen molar-refractivity contribution in [3.63, 3.8) is 0 Å². The van der Waals surface area contributed by atoms with E-state index in [1.54, 1.807) is 13.8 Å². The molecule has 0 unspecified atom stereocenters. The maximum Gasteiger partial charge on any atom is 0.337 e. The predicted octanol–water partition coefficient (Wildman–Crippen LogP) is 1.78. The molecule has 0 aliphatic heterocycles. The van der Waals surface area contributed by atoms with E-state index in [9.17, 15) is 13.2 Å². The van der Waals surface area contributed by atoms with E-state index < -0.39 is 16.0 Å². The van der Waals surface area contributed by atoms with E-state index >= 15 is 0 Å². The highest BCUT2D eigenvalue weighted by molar-refractivity contribution is 7.89. The molecule has 0 bridgehead atoms. The molecule has 1 aromatic carbocycles. The zero-order valence-corrected chi connectivity index (χ0v) is 12.6. The number of carboxylic acids is 1. The van der Waals surface area contributed by atoms with Gasteiger partial charge in [-0.1, -0.05) is 6.92 Å². The summed E-state index contributed by atoms with van der Waals surface area (Å²) in [4.78, 5) is 11.0. The van der Waals surface area contributed by atoms with E-state index in [1.165, 1.54) is 22.5 Å². The van der Waals surface area contributed by atoms with Crippen LogP contribution in [-0.4, -0.2) is 36.4 Å². The summed E-state index contributed by atoms with van der Waals surface area (Å²) in [5, 5.41) is 9.17. The summed E-state index contributed by atoms with van der Waals surface area (Å²) in [6, 6.07) is 3.56. The molecule has 20 heavy (non-hydrogen) atoms. The van der Waals surface area contributed by atoms with Gasteiger partial charge in [0.05, 0.1) is 10.5 Å². The van der Waals surface area contributed by atoms with Gasteiger partial charge >= 0.3 is 5.97 Å². The van der Waals surface area contributed by atoms with Crippen LogP contribution >= 0.6 is 0 Å². The molecule has 112 valence electrons. The van der Waals surface area contributed by atoms with Crippen LogP contribution in [0.3, 0.4) is 0 Å². The molecule has 6 nitrogen and oxygen atoms in total. The maximum absolute atomic E-state index is 12.6. The number of hydrogen-bond acceptors (Lipinski definition) is 4. The highest BCUT2D eigenvalue weighted by Crippen LogP contribution is 2.24. The van der Waals surface area contributed by atoms with E-state index in [2.05, 4.69) is 0 Å². The highest BCUT2D eigenvalue weighted by atomic mass is 32.2. The molecule has 0 radical (unpaired) electrons. The third-order valence-corrected chi connectivity index (χ3v) is 4.97. The Kier molecular flexibility index (Phi) is 5.13. The Labute approximate surface area is 119 Å². The first-order valence-electron chi connectivity index (χ1n) is 6.36. The summed E-state index contributed by atoms with van der Waals surface area (Å²) in [5.41, 5.74) is 5.45. The fourth-order valence-corrected chi connectivity index (χ4v) is 3.84. The van der Waals surface area contributed by atoms with Gasteiger partial charge in [-0.05, 0) is 38.5 Å². The summed E-state index contributed by atoms with van der Waals surface area (Å²) in [6.07, 6.45) is 0.648. The Morgan fingerprint density at radius 1 is 1.40 bits per heavy atom. The minimum absolute atomic E-state index is 0.216. The molecule has 0 heterocycles. The minimum Gasteiger partial charge on any atom is -0.478 e. The van der Waals surface area contributed by atoms with Gasteiger partial charge in [0.25, 0.3) is 0 Å². The number of hydrogen-bond donors (Lipinski definition) is 2. The average molecular weight is 300 g/mol. The van der Waals surface area contributed by atoms with Gasteiger partial charge in [-0.3, -0.25) is 0 Å². The van der Waals surface area contributed by atoms with Crippen molar-refractivity contribution in [1.82, 2.24) is 4.31 Å². The first-order valence-corrected chi connectivity index (χ1v) is 7.80. The molecule has 0 saturated heterocycles. The lowest BCUT2D eigenvalue weighted by atomic mass is 10.2. The molecule has 0 amide bonds. The number of rotatable bonds is 6. The van der Waals surface area contributed by atoms with Gasteiger partial charge in [0.15, 0.2) is 0 Å². The monoisotopic (exact) mass is 300 g/mol. The molecule has 0 aliphatic rings. The number of aromatic carboxylic acids is 1. The van der Waals surface area contributed by atoms with Crippen LogP contribution in [0, 0.1) is 0 Å². The lowest BCUT2D eigenvalue weighted by molar-refractivity contribution is 0.0692. The van der Waals surface area contributed by atoms with Gasteiger partial charge in [0, 0.05) is 18.3 Å². The van der Waals surface area contributed by atoms with Gasteiger partial charge < -0.3 is 10.8 Å². The number of carboxylic acid groups (broad SMARTS) is 1. The fraction of sp³-hybridized carbons (Fsp3) is 0.462. The molecule has 3 N–H and O–H groups in total. The van der Waals surface area contributed by atoms with Crippen molar-refractivity contribution in [3.8, 4) is 0 Å². The van der Waals surface area contributed by atoms with Gasteiger partial charge in [-0.15, -0.1) is 0 Å². The van der Waals surface area contributed by atoms with Crippen molar-refractivity contribution >= 4 is 21.7 Å². The standard InChI is InChI=1S/C13H20N2O4S/c1-4-7-15(9(2)3)20(18,19)12-6-5-10(14)8-11(12)13(16)17/h5-6,8-9H,4,7,14H2,1-3H3,(H,16,17). The first kappa shape index (κ1) is 16.5. The smallest absolute Gasteiger partial charge is 0.337 e. The van der Waals surface area contributed by atoms with Crippen molar-refractivity contribution in [3.05, 3.63) is 23.8 Å². The molecule has 0 spiro atoms. The molecule has 0 aliphatic carbocycles. The zero-order chi connectivity index (χ0) is 15.5. The van der Waals surface area contributed by atoms with E-state index in [0.29, 0.717) is 13.0 Å². The summed E-state index contributed by atoms with van der Waals surface area (Å²) in [7, 11) is -3.86. The third kappa shape index (κ3) is 3.29. The Balaban J connectivity index is 3.45. The van der Waals surface area contributed by atoms with Gasteiger partial charge in [0.1, 0.15) is 0 Å². The quantitative estimate of drug-likeness (QED) is 0.780. The summed E-state index contributed by atoms with van der Waals surface area (Å²) in [6.45, 7) is 5.71. The van der Waals surface area contributed by atoms with Gasteiger partial charge in [0.2, 0.25) is 10.0 Å². The molecule has 0 saturated carbocycles. The van der Waals surface area contributed by atoms with Crippen molar-refractivity contribution in [1.29, 1.82) is 0 Å². The topological polar surface area (TPSA) is 101 Å². The Bertz CT molecular complexity index is 596. The zero-order valence-electron chi connectivity index (χ0n) is 11.8. The number of benzene rings is 1. The average Bonchev–Trinajstić information content (AvgIpc) is 2.34. The van der Waals surface area contributed by atoms with E-state index in [0.717, 1.165) is 0 Å². The van der Waals surface area contributed by atoms with Crippen molar-refractivity contribution in [2.75, 3.05) is 12.3 Å². The molecule has 7 heteroatoms. The summed E-state index contributed by atoms with van der Waals surface area (Å²) < 4.78 is 26.5. The molecule has 1 aromatic rings. The van der Waals surface area contributed by atoms with Crippen molar-refractivity contribution in [2.24, 2.45) is 0 Å². The Hall–Kier alpha value is -1.60. The number of carbonyl (C=O) groups is 1. The predicted molar refractivity (Wildman–Crippen MR) is 77.1 cm³/mol. The van der Waals surface area contributed by atoms with Crippen LogP contribution in [0.4, 0.5) is 5.69 Å². The molecule has 1 rings (SSSR count). The van der Waals surface area contributed by atoms with Crippen molar-refractivity contribution in [2.45, 2.75) is 38.1 Å². The SMILES string of the molecule is CCCN(C(C)C)S(=O)(=O)c1ccc(N)cc1C(=O)O. The van der Waals surface area contributed by atoms with Crippen molar-refractivity contribution < 1.29 is 18.3 Å². The van der Waals surface area contributed by atoms with Crippen LogP contribution in [0.2, 0.25) is 0 Å². The second kappa shape index (κ2) is 6.23. The first-order chi connectivity index (χ1) is 9.21. The maximum atomic E-state index is 12.6. The van der Waals surface area contributed by atoms with E-state index in [4.69, 9.17) is 10.8 Å². The van der Waals surface area contributed by atoms with Crippen LogP contribution in [0.5, 0.6) is 0 Å². The van der Waals surface area contributed by atoms with E-state index in [1.807, 2.05) is 6.92 Å². The number of anilines is 1. The highest BCUT2D eigenvalue weighted by Gasteiger charge is 2.30. The number of nitrogen functional groups attached to an aromatic ring is 1. The lowest BCUT2D eigenvalue weighted by Gasteiger charge is -2.26. The second-order valence-corrected chi connectivity index (χ2v) is 6.63. The van der Waals surface area contributed by atoms with E-state index in [-0.39, 0.29) is 22.2 Å². The number of nitrogens with zero attached hydrogens (tertiary/aromatic N) is 1. The molecule has 0 fully saturated rings. The van der Waals surface area contributed by atoms with Gasteiger partial charge in [-0.25, -0.2) is 13.2 Å². The van der Waals surface area contributed by atoms with Crippen LogP contribution < -0.4 is 5.73 Å².